The Labute approximate surface area is 210 Å². The SMILES string of the molecule is CCCC(CN(C)CC1(C)COC1)c1ccc2c(c1)N(C(=O)OC(C)C)C[C@H](C)N2C(=O)C1CC1. The summed E-state index contributed by atoms with van der Waals surface area (Å²) in [6, 6.07) is 6.26. The van der Waals surface area contributed by atoms with Gasteiger partial charge in [-0.1, -0.05) is 26.3 Å². The quantitative estimate of drug-likeness (QED) is 0.491. The highest BCUT2D eigenvalue weighted by atomic mass is 16.6. The first-order valence-corrected chi connectivity index (χ1v) is 13.3. The molecule has 0 spiro atoms. The maximum Gasteiger partial charge on any atom is 0.414 e. The first-order chi connectivity index (χ1) is 16.6. The van der Waals surface area contributed by atoms with Crippen molar-refractivity contribution in [2.75, 3.05) is 49.7 Å². The highest BCUT2D eigenvalue weighted by Gasteiger charge is 2.42. The number of nitrogens with zero attached hydrogens (tertiary/aromatic N) is 3. The van der Waals surface area contributed by atoms with Crippen LogP contribution in [-0.4, -0.2) is 68.9 Å². The third kappa shape index (κ3) is 5.83. The minimum atomic E-state index is -0.342. The minimum Gasteiger partial charge on any atom is -0.446 e. The summed E-state index contributed by atoms with van der Waals surface area (Å²) >= 11 is 0. The predicted molar refractivity (Wildman–Crippen MR) is 139 cm³/mol. The van der Waals surface area contributed by atoms with E-state index < -0.39 is 0 Å². The number of carbonyl (C=O) groups excluding carboxylic acids is 2. The lowest BCUT2D eigenvalue weighted by Crippen LogP contribution is -2.52. The van der Waals surface area contributed by atoms with E-state index in [2.05, 4.69) is 44.0 Å². The number of rotatable bonds is 9. The lowest BCUT2D eigenvalue weighted by Gasteiger charge is -2.42. The zero-order chi connectivity index (χ0) is 25.3. The molecule has 0 radical (unpaired) electrons. The van der Waals surface area contributed by atoms with Crippen molar-refractivity contribution < 1.29 is 19.1 Å². The molecule has 35 heavy (non-hydrogen) atoms. The Balaban J connectivity index is 1.64. The second kappa shape index (κ2) is 10.5. The van der Waals surface area contributed by atoms with Crippen LogP contribution in [0.2, 0.25) is 0 Å². The molecule has 2 fully saturated rings. The van der Waals surface area contributed by atoms with Gasteiger partial charge in [0, 0.05) is 31.0 Å². The standard InChI is InChI=1S/C28H43N3O4/c1-7-8-23(15-29(6)16-28(5)17-34-18-28)22-11-12-24-25(13-22)30(27(33)35-19(2)3)14-20(4)31(24)26(32)21-9-10-21/h11-13,19-21,23H,7-10,14-18H2,1-6H3/t20-,23?/m0/s1. The van der Waals surface area contributed by atoms with Gasteiger partial charge >= 0.3 is 6.09 Å². The van der Waals surface area contributed by atoms with Crippen LogP contribution >= 0.6 is 0 Å². The molecule has 3 aliphatic rings. The molecule has 1 aromatic carbocycles. The van der Waals surface area contributed by atoms with Gasteiger partial charge in [-0.05, 0) is 70.7 Å². The van der Waals surface area contributed by atoms with Crippen molar-refractivity contribution in [1.82, 2.24) is 4.90 Å². The molecule has 2 aliphatic heterocycles. The van der Waals surface area contributed by atoms with Crippen LogP contribution in [0.3, 0.4) is 0 Å². The third-order valence-corrected chi connectivity index (χ3v) is 7.35. The molecule has 2 atom stereocenters. The van der Waals surface area contributed by atoms with E-state index in [1.165, 1.54) is 5.56 Å². The Bertz CT molecular complexity index is 925. The van der Waals surface area contributed by atoms with E-state index in [1.807, 2.05) is 25.7 Å². The van der Waals surface area contributed by atoms with Gasteiger partial charge in [-0.25, -0.2) is 4.79 Å². The molecule has 7 heteroatoms. The highest BCUT2D eigenvalue weighted by molar-refractivity contribution is 6.04. The van der Waals surface area contributed by atoms with Gasteiger partial charge in [0.15, 0.2) is 0 Å². The molecule has 1 saturated carbocycles. The van der Waals surface area contributed by atoms with Gasteiger partial charge in [-0.15, -0.1) is 0 Å². The molecule has 0 N–H and O–H groups in total. The van der Waals surface area contributed by atoms with E-state index in [9.17, 15) is 9.59 Å². The zero-order valence-electron chi connectivity index (χ0n) is 22.4. The summed E-state index contributed by atoms with van der Waals surface area (Å²) in [4.78, 5) is 32.4. The maximum atomic E-state index is 13.2. The highest BCUT2D eigenvalue weighted by Crippen LogP contribution is 2.42. The van der Waals surface area contributed by atoms with Gasteiger partial charge in [0.25, 0.3) is 0 Å². The van der Waals surface area contributed by atoms with Gasteiger partial charge in [0.1, 0.15) is 0 Å². The van der Waals surface area contributed by atoms with E-state index in [1.54, 1.807) is 4.90 Å². The second-order valence-corrected chi connectivity index (χ2v) is 11.6. The summed E-state index contributed by atoms with van der Waals surface area (Å²) < 4.78 is 11.1. The summed E-state index contributed by atoms with van der Waals surface area (Å²) in [6.07, 6.45) is 3.53. The van der Waals surface area contributed by atoms with Gasteiger partial charge in [0.05, 0.1) is 36.7 Å². The number of anilines is 2. The van der Waals surface area contributed by atoms with Crippen LogP contribution in [0.4, 0.5) is 16.2 Å². The van der Waals surface area contributed by atoms with Crippen molar-refractivity contribution in [3.8, 4) is 0 Å². The summed E-state index contributed by atoms with van der Waals surface area (Å²) in [5.41, 5.74) is 3.07. The molecular formula is C28H43N3O4. The largest absolute Gasteiger partial charge is 0.446 e. The number of ether oxygens (including phenoxy) is 2. The Morgan fingerprint density at radius 3 is 2.51 bits per heavy atom. The van der Waals surface area contributed by atoms with Gasteiger partial charge in [0.2, 0.25) is 5.91 Å². The number of likely N-dealkylation sites (N-methyl/N-ethyl adjacent to an activating group) is 1. The van der Waals surface area contributed by atoms with E-state index in [-0.39, 0.29) is 35.5 Å². The van der Waals surface area contributed by atoms with Crippen LogP contribution in [0.25, 0.3) is 0 Å². The summed E-state index contributed by atoms with van der Waals surface area (Å²) in [5, 5.41) is 0. The van der Waals surface area contributed by atoms with E-state index in [0.29, 0.717) is 12.5 Å². The number of benzene rings is 1. The molecule has 194 valence electrons. The lowest BCUT2D eigenvalue weighted by molar-refractivity contribution is -0.120. The van der Waals surface area contributed by atoms with Crippen LogP contribution in [0.1, 0.15) is 71.8 Å². The molecule has 1 saturated heterocycles. The smallest absolute Gasteiger partial charge is 0.414 e. The first-order valence-electron chi connectivity index (χ1n) is 13.3. The molecule has 0 bridgehead atoms. The molecular weight excluding hydrogens is 442 g/mol. The number of fused-ring (bicyclic) bond motifs is 1. The summed E-state index contributed by atoms with van der Waals surface area (Å²) in [5.74, 6) is 0.649. The number of carbonyl (C=O) groups is 2. The normalized spacial score (nSPS) is 22.1. The van der Waals surface area contributed by atoms with Crippen LogP contribution in [0.5, 0.6) is 0 Å². The van der Waals surface area contributed by atoms with Crippen LogP contribution in [0, 0.1) is 11.3 Å². The molecule has 1 unspecified atom stereocenters. The predicted octanol–water partition coefficient (Wildman–Crippen LogP) is 5.04. The van der Waals surface area contributed by atoms with E-state index >= 15 is 0 Å². The molecule has 2 heterocycles. The average molecular weight is 486 g/mol. The van der Waals surface area contributed by atoms with E-state index in [0.717, 1.165) is 63.4 Å². The first kappa shape index (κ1) is 26.0. The van der Waals surface area contributed by atoms with Crippen molar-refractivity contribution in [1.29, 1.82) is 0 Å². The number of hydrogen-bond acceptors (Lipinski definition) is 5. The van der Waals surface area contributed by atoms with Crippen LogP contribution in [-0.2, 0) is 14.3 Å². The summed E-state index contributed by atoms with van der Waals surface area (Å²) in [7, 11) is 2.19. The fourth-order valence-electron chi connectivity index (χ4n) is 5.54. The van der Waals surface area contributed by atoms with Gasteiger partial charge in [-0.3, -0.25) is 9.69 Å². The Kier molecular flexibility index (Phi) is 7.77. The number of amides is 2. The third-order valence-electron chi connectivity index (χ3n) is 7.35. The van der Waals surface area contributed by atoms with Gasteiger partial charge in [-0.2, -0.15) is 0 Å². The maximum absolute atomic E-state index is 13.2. The van der Waals surface area contributed by atoms with Crippen molar-refractivity contribution >= 4 is 23.4 Å². The number of hydrogen-bond donors (Lipinski definition) is 0. The fraction of sp³-hybridized carbons (Fsp3) is 0.714. The second-order valence-electron chi connectivity index (χ2n) is 11.6. The summed E-state index contributed by atoms with van der Waals surface area (Å²) in [6.45, 7) is 14.3. The zero-order valence-corrected chi connectivity index (χ0v) is 22.4. The van der Waals surface area contributed by atoms with Crippen molar-refractivity contribution in [2.24, 2.45) is 11.3 Å². The monoisotopic (exact) mass is 485 g/mol. The molecule has 1 aromatic rings. The lowest BCUT2D eigenvalue weighted by atomic mass is 9.87. The molecule has 2 amide bonds. The Morgan fingerprint density at radius 1 is 1.23 bits per heavy atom. The minimum absolute atomic E-state index is 0.0934. The topological polar surface area (TPSA) is 62.3 Å². The molecule has 4 rings (SSSR count). The van der Waals surface area contributed by atoms with Crippen molar-refractivity contribution in [2.45, 2.75) is 78.4 Å². The average Bonchev–Trinajstić information content (AvgIpc) is 3.61. The Morgan fingerprint density at radius 2 is 1.94 bits per heavy atom. The van der Waals surface area contributed by atoms with Crippen molar-refractivity contribution in [3.63, 3.8) is 0 Å². The molecule has 0 aromatic heterocycles. The van der Waals surface area contributed by atoms with Crippen LogP contribution < -0.4 is 9.80 Å². The van der Waals surface area contributed by atoms with Crippen molar-refractivity contribution in [3.05, 3.63) is 23.8 Å². The van der Waals surface area contributed by atoms with E-state index in [4.69, 9.17) is 9.47 Å². The Hall–Kier alpha value is -2.12. The van der Waals surface area contributed by atoms with Crippen LogP contribution in [0.15, 0.2) is 18.2 Å². The fourth-order valence-corrected chi connectivity index (χ4v) is 5.54. The molecule has 7 nitrogen and oxygen atoms in total. The molecule has 1 aliphatic carbocycles. The van der Waals surface area contributed by atoms with Gasteiger partial charge < -0.3 is 19.3 Å².